The minimum Gasteiger partial charge on any atom is -0.481 e. The number of rotatable bonds is 4. The van der Waals surface area contributed by atoms with E-state index in [0.717, 1.165) is 4.88 Å². The van der Waals surface area contributed by atoms with Crippen LogP contribution in [0.25, 0.3) is 0 Å². The van der Waals surface area contributed by atoms with Crippen LogP contribution in [0.4, 0.5) is 0 Å². The molecule has 1 rings (SSSR count). The van der Waals surface area contributed by atoms with E-state index < -0.39 is 5.97 Å². The molecule has 0 spiro atoms. The maximum absolute atomic E-state index is 11.0. The van der Waals surface area contributed by atoms with Crippen molar-refractivity contribution >= 4 is 23.3 Å². The molecular formula is C9H10O4S. The number of aliphatic carboxylic acids is 1. The fourth-order valence-corrected chi connectivity index (χ4v) is 1.82. The van der Waals surface area contributed by atoms with Crippen LogP contribution in [0.3, 0.4) is 0 Å². The van der Waals surface area contributed by atoms with Crippen LogP contribution in [0, 0.1) is 0 Å². The van der Waals surface area contributed by atoms with Crippen LogP contribution in [0.1, 0.15) is 21.7 Å². The Hall–Kier alpha value is -1.36. The monoisotopic (exact) mass is 214 g/mol. The summed E-state index contributed by atoms with van der Waals surface area (Å²) in [6.45, 7) is 0. The largest absolute Gasteiger partial charge is 0.481 e. The molecule has 76 valence electrons. The summed E-state index contributed by atoms with van der Waals surface area (Å²) in [7, 11) is 1.32. The van der Waals surface area contributed by atoms with E-state index in [-0.39, 0.29) is 12.4 Å². The van der Waals surface area contributed by atoms with Gasteiger partial charge in [-0.2, -0.15) is 0 Å². The third kappa shape index (κ3) is 2.85. The predicted octanol–water partition coefficient (Wildman–Crippen LogP) is 1.55. The Kier molecular flexibility index (Phi) is 3.64. The molecule has 4 nitrogen and oxygen atoms in total. The Labute approximate surface area is 85.1 Å². The van der Waals surface area contributed by atoms with Crippen molar-refractivity contribution in [3.63, 3.8) is 0 Å². The molecule has 0 radical (unpaired) electrons. The van der Waals surface area contributed by atoms with Gasteiger partial charge in [-0.15, -0.1) is 11.3 Å². The van der Waals surface area contributed by atoms with Gasteiger partial charge in [-0.25, -0.2) is 4.79 Å². The maximum Gasteiger partial charge on any atom is 0.338 e. The Morgan fingerprint density at radius 1 is 1.57 bits per heavy atom. The molecule has 0 bridgehead atoms. The molecule has 14 heavy (non-hydrogen) atoms. The summed E-state index contributed by atoms with van der Waals surface area (Å²) in [5, 5.41) is 10.1. The average Bonchev–Trinajstić information content (AvgIpc) is 2.62. The second-order valence-corrected chi connectivity index (χ2v) is 3.68. The van der Waals surface area contributed by atoms with Crippen molar-refractivity contribution in [1.29, 1.82) is 0 Å². The molecule has 0 aromatic carbocycles. The third-order valence-electron chi connectivity index (χ3n) is 1.66. The van der Waals surface area contributed by atoms with Gasteiger partial charge in [-0.1, -0.05) is 0 Å². The zero-order chi connectivity index (χ0) is 10.6. The van der Waals surface area contributed by atoms with Crippen LogP contribution < -0.4 is 0 Å². The van der Waals surface area contributed by atoms with E-state index in [9.17, 15) is 9.59 Å². The fourth-order valence-electron chi connectivity index (χ4n) is 0.967. The van der Waals surface area contributed by atoms with Crippen LogP contribution in [-0.2, 0) is 16.0 Å². The molecule has 0 fully saturated rings. The van der Waals surface area contributed by atoms with E-state index >= 15 is 0 Å². The van der Waals surface area contributed by atoms with Crippen molar-refractivity contribution < 1.29 is 19.4 Å². The summed E-state index contributed by atoms with van der Waals surface area (Å²) in [5.41, 5.74) is 0.484. The zero-order valence-corrected chi connectivity index (χ0v) is 8.47. The van der Waals surface area contributed by atoms with Crippen molar-refractivity contribution in [3.05, 3.63) is 21.9 Å². The number of carbonyl (C=O) groups excluding carboxylic acids is 1. The molecule has 0 aliphatic carbocycles. The lowest BCUT2D eigenvalue weighted by Gasteiger charge is -1.93. The quantitative estimate of drug-likeness (QED) is 0.772. The van der Waals surface area contributed by atoms with Crippen LogP contribution in [0.2, 0.25) is 0 Å². The number of hydrogen-bond donors (Lipinski definition) is 1. The van der Waals surface area contributed by atoms with E-state index in [1.54, 1.807) is 11.4 Å². The molecular weight excluding hydrogens is 204 g/mol. The Morgan fingerprint density at radius 2 is 2.29 bits per heavy atom. The summed E-state index contributed by atoms with van der Waals surface area (Å²) in [5.74, 6) is -1.22. The van der Waals surface area contributed by atoms with E-state index in [2.05, 4.69) is 4.74 Å². The first kappa shape index (κ1) is 10.7. The van der Waals surface area contributed by atoms with Gasteiger partial charge in [0.1, 0.15) is 0 Å². The van der Waals surface area contributed by atoms with Crippen LogP contribution in [0.5, 0.6) is 0 Å². The van der Waals surface area contributed by atoms with Gasteiger partial charge < -0.3 is 9.84 Å². The smallest absolute Gasteiger partial charge is 0.338 e. The van der Waals surface area contributed by atoms with Gasteiger partial charge >= 0.3 is 11.9 Å². The molecule has 1 heterocycles. The standard InChI is InChI=1S/C9H10O4S/c1-13-9(12)6-4-7(14-5-6)2-3-8(10)11/h4-5H,2-3H2,1H3,(H,10,11). The minimum atomic E-state index is -0.835. The molecule has 0 atom stereocenters. The van der Waals surface area contributed by atoms with Gasteiger partial charge in [0.2, 0.25) is 0 Å². The molecule has 0 aliphatic rings. The van der Waals surface area contributed by atoms with Crippen molar-refractivity contribution in [1.82, 2.24) is 0 Å². The maximum atomic E-state index is 11.0. The average molecular weight is 214 g/mol. The van der Waals surface area contributed by atoms with E-state index in [0.29, 0.717) is 12.0 Å². The molecule has 5 heteroatoms. The highest BCUT2D eigenvalue weighted by atomic mass is 32.1. The highest BCUT2D eigenvalue weighted by molar-refractivity contribution is 7.10. The Balaban J connectivity index is 2.59. The number of thiophene rings is 1. The molecule has 0 aliphatic heterocycles. The number of ether oxygens (including phenoxy) is 1. The molecule has 1 aromatic heterocycles. The molecule has 0 saturated heterocycles. The van der Waals surface area contributed by atoms with Crippen molar-refractivity contribution in [2.45, 2.75) is 12.8 Å². The van der Waals surface area contributed by atoms with Crippen LogP contribution in [0.15, 0.2) is 11.4 Å². The van der Waals surface area contributed by atoms with E-state index in [1.165, 1.54) is 18.4 Å². The second kappa shape index (κ2) is 4.76. The van der Waals surface area contributed by atoms with Gasteiger partial charge in [0.05, 0.1) is 19.1 Å². The number of carboxylic acid groups (broad SMARTS) is 1. The lowest BCUT2D eigenvalue weighted by atomic mass is 10.2. The van der Waals surface area contributed by atoms with Crippen molar-refractivity contribution in [2.24, 2.45) is 0 Å². The normalized spacial score (nSPS) is 9.79. The Morgan fingerprint density at radius 3 is 2.86 bits per heavy atom. The summed E-state index contributed by atoms with van der Waals surface area (Å²) >= 11 is 1.37. The molecule has 0 saturated carbocycles. The van der Waals surface area contributed by atoms with E-state index in [4.69, 9.17) is 5.11 Å². The number of carboxylic acids is 1. The minimum absolute atomic E-state index is 0.0845. The summed E-state index contributed by atoms with van der Waals surface area (Å²) in [6.07, 6.45) is 0.540. The van der Waals surface area contributed by atoms with Crippen molar-refractivity contribution in [2.75, 3.05) is 7.11 Å². The van der Waals surface area contributed by atoms with Gasteiger partial charge in [0.15, 0.2) is 0 Å². The molecule has 1 aromatic rings. The predicted molar refractivity (Wildman–Crippen MR) is 51.6 cm³/mol. The first-order valence-corrected chi connectivity index (χ1v) is 4.89. The van der Waals surface area contributed by atoms with Gasteiger partial charge in [0.25, 0.3) is 0 Å². The van der Waals surface area contributed by atoms with Crippen LogP contribution in [-0.4, -0.2) is 24.2 Å². The van der Waals surface area contributed by atoms with E-state index in [1.807, 2.05) is 0 Å². The number of esters is 1. The van der Waals surface area contributed by atoms with Gasteiger partial charge in [0, 0.05) is 10.3 Å². The van der Waals surface area contributed by atoms with Crippen LogP contribution >= 0.6 is 11.3 Å². The highest BCUT2D eigenvalue weighted by Crippen LogP contribution is 2.17. The second-order valence-electron chi connectivity index (χ2n) is 2.69. The lowest BCUT2D eigenvalue weighted by Crippen LogP contribution is -1.99. The third-order valence-corrected chi connectivity index (χ3v) is 2.66. The zero-order valence-electron chi connectivity index (χ0n) is 7.65. The molecule has 0 amide bonds. The highest BCUT2D eigenvalue weighted by Gasteiger charge is 2.09. The topological polar surface area (TPSA) is 63.6 Å². The Bertz CT molecular complexity index is 342. The first-order valence-electron chi connectivity index (χ1n) is 4.01. The SMILES string of the molecule is COC(=O)c1csc(CCC(=O)O)c1. The number of carbonyl (C=O) groups is 2. The summed E-state index contributed by atoms with van der Waals surface area (Å²) < 4.78 is 4.53. The number of hydrogen-bond acceptors (Lipinski definition) is 4. The van der Waals surface area contributed by atoms with Crippen molar-refractivity contribution in [3.8, 4) is 0 Å². The van der Waals surface area contributed by atoms with Gasteiger partial charge in [-0.05, 0) is 12.5 Å². The molecule has 1 N–H and O–H groups in total. The number of aryl methyl sites for hydroxylation is 1. The summed E-state index contributed by atoms with van der Waals surface area (Å²) in [6, 6.07) is 1.67. The number of methoxy groups -OCH3 is 1. The van der Waals surface area contributed by atoms with Gasteiger partial charge in [-0.3, -0.25) is 4.79 Å². The lowest BCUT2D eigenvalue weighted by molar-refractivity contribution is -0.136. The first-order chi connectivity index (χ1) is 6.63. The fraction of sp³-hybridized carbons (Fsp3) is 0.333. The summed E-state index contributed by atoms with van der Waals surface area (Å²) in [4.78, 5) is 22.2. The molecule has 0 unspecified atom stereocenters.